The van der Waals surface area contributed by atoms with Crippen LogP contribution in [0.4, 0.5) is 8.78 Å². The summed E-state index contributed by atoms with van der Waals surface area (Å²) in [6, 6.07) is 0. The van der Waals surface area contributed by atoms with E-state index in [-0.39, 0.29) is 40.9 Å². The number of hydrogen-bond donors (Lipinski definition) is 1. The zero-order chi connectivity index (χ0) is 21.4. The van der Waals surface area contributed by atoms with Gasteiger partial charge in [-0.1, -0.05) is 40.5 Å². The SMILES string of the molecule is CC.CNC(=O)CCC1CCC2C3C(CCC12C)C1(C)CCCCC1CC3(F)F. The van der Waals surface area contributed by atoms with Gasteiger partial charge in [0, 0.05) is 25.8 Å². The summed E-state index contributed by atoms with van der Waals surface area (Å²) in [7, 11) is 1.68. The highest BCUT2D eigenvalue weighted by atomic mass is 19.3. The van der Waals surface area contributed by atoms with E-state index < -0.39 is 11.8 Å². The van der Waals surface area contributed by atoms with Crippen molar-refractivity contribution in [2.75, 3.05) is 7.05 Å². The lowest BCUT2D eigenvalue weighted by molar-refractivity contribution is -0.231. The number of fused-ring (bicyclic) bond motifs is 5. The Balaban J connectivity index is 0.00000117. The predicted octanol–water partition coefficient (Wildman–Crippen LogP) is 6.83. The number of carbonyl (C=O) groups is 1. The maximum absolute atomic E-state index is 15.5. The second-order valence-corrected chi connectivity index (χ2v) is 10.7. The van der Waals surface area contributed by atoms with Crippen molar-refractivity contribution in [3.8, 4) is 0 Å². The highest BCUT2D eigenvalue weighted by molar-refractivity contribution is 5.75. The number of rotatable bonds is 3. The van der Waals surface area contributed by atoms with Crippen molar-refractivity contribution in [1.82, 2.24) is 5.32 Å². The highest BCUT2D eigenvalue weighted by Crippen LogP contribution is 2.70. The van der Waals surface area contributed by atoms with Crippen molar-refractivity contribution in [2.45, 2.75) is 104 Å². The first-order valence-electron chi connectivity index (χ1n) is 12.3. The minimum Gasteiger partial charge on any atom is -0.359 e. The van der Waals surface area contributed by atoms with Crippen LogP contribution in [0.3, 0.4) is 0 Å². The minimum absolute atomic E-state index is 0.00349. The van der Waals surface area contributed by atoms with E-state index in [0.717, 1.165) is 51.4 Å². The van der Waals surface area contributed by atoms with E-state index in [1.54, 1.807) is 7.05 Å². The molecule has 0 radical (unpaired) electrons. The predicted molar refractivity (Wildman–Crippen MR) is 115 cm³/mol. The van der Waals surface area contributed by atoms with Crippen molar-refractivity contribution in [3.05, 3.63) is 0 Å². The zero-order valence-corrected chi connectivity index (χ0v) is 19.3. The number of halogens is 2. The largest absolute Gasteiger partial charge is 0.359 e. The molecule has 4 fully saturated rings. The highest BCUT2D eigenvalue weighted by Gasteiger charge is 2.67. The number of amides is 1. The van der Waals surface area contributed by atoms with Gasteiger partial charge in [-0.15, -0.1) is 0 Å². The fraction of sp³-hybridized carbons (Fsp3) is 0.960. The molecular formula is C25H43F2NO. The molecule has 0 spiro atoms. The Bertz CT molecular complexity index is 593. The summed E-state index contributed by atoms with van der Waals surface area (Å²) >= 11 is 0. The average Bonchev–Trinajstić information content (AvgIpc) is 3.04. The monoisotopic (exact) mass is 411 g/mol. The Morgan fingerprint density at radius 3 is 2.34 bits per heavy atom. The first-order valence-corrected chi connectivity index (χ1v) is 12.3. The molecule has 0 bridgehead atoms. The first-order chi connectivity index (χ1) is 13.7. The number of carbonyl (C=O) groups excluding carboxylic acids is 1. The lowest BCUT2D eigenvalue weighted by atomic mass is 9.44. The Kier molecular flexibility index (Phi) is 6.71. The third-order valence-electron chi connectivity index (χ3n) is 9.77. The van der Waals surface area contributed by atoms with Crippen molar-refractivity contribution in [2.24, 2.45) is 40.4 Å². The number of hydrogen-bond acceptors (Lipinski definition) is 1. The van der Waals surface area contributed by atoms with Crippen molar-refractivity contribution in [1.29, 1.82) is 0 Å². The van der Waals surface area contributed by atoms with Crippen LogP contribution < -0.4 is 5.32 Å². The molecule has 0 aromatic rings. The fourth-order valence-electron chi connectivity index (χ4n) is 8.20. The lowest BCUT2D eigenvalue weighted by Gasteiger charge is -2.62. The van der Waals surface area contributed by atoms with E-state index in [2.05, 4.69) is 19.2 Å². The van der Waals surface area contributed by atoms with Gasteiger partial charge >= 0.3 is 0 Å². The molecule has 7 atom stereocenters. The number of alkyl halides is 2. The van der Waals surface area contributed by atoms with Crippen molar-refractivity contribution >= 4 is 5.91 Å². The fourth-order valence-corrected chi connectivity index (χ4v) is 8.20. The quantitative estimate of drug-likeness (QED) is 0.541. The molecule has 0 aromatic heterocycles. The van der Waals surface area contributed by atoms with E-state index in [0.29, 0.717) is 12.3 Å². The third kappa shape index (κ3) is 3.76. The van der Waals surface area contributed by atoms with Crippen LogP contribution in [0.2, 0.25) is 0 Å². The normalized spacial score (nSPS) is 45.1. The molecule has 4 saturated carbocycles. The van der Waals surface area contributed by atoms with E-state index in [9.17, 15) is 4.79 Å². The van der Waals surface area contributed by atoms with Gasteiger partial charge in [-0.3, -0.25) is 4.79 Å². The number of nitrogens with one attached hydrogen (secondary N) is 1. The standard InChI is InChI=1S/C23H37F2NO.C2H6/c1-21-12-5-4-6-16(21)14-23(24,25)20-17-9-7-15(8-10-19(27)26-3)22(17,2)13-11-18(20)21;1-2/h15-18,20H,4-14H2,1-3H3,(H,26,27);1-2H3. The maximum atomic E-state index is 15.5. The summed E-state index contributed by atoms with van der Waals surface area (Å²) in [4.78, 5) is 11.7. The van der Waals surface area contributed by atoms with Crippen molar-refractivity contribution in [3.63, 3.8) is 0 Å². The molecule has 7 unspecified atom stereocenters. The zero-order valence-electron chi connectivity index (χ0n) is 19.3. The smallest absolute Gasteiger partial charge is 0.251 e. The molecule has 0 saturated heterocycles. The maximum Gasteiger partial charge on any atom is 0.251 e. The summed E-state index contributed by atoms with van der Waals surface area (Å²) < 4.78 is 31.0. The van der Waals surface area contributed by atoms with Gasteiger partial charge in [0.15, 0.2) is 0 Å². The van der Waals surface area contributed by atoms with Gasteiger partial charge in [-0.2, -0.15) is 0 Å². The lowest BCUT2D eigenvalue weighted by Crippen LogP contribution is -2.60. The molecular weight excluding hydrogens is 368 g/mol. The van der Waals surface area contributed by atoms with Gasteiger partial charge in [0.25, 0.3) is 5.92 Å². The molecule has 4 aliphatic carbocycles. The molecule has 4 aliphatic rings. The van der Waals surface area contributed by atoms with E-state index in [1.807, 2.05) is 13.8 Å². The topological polar surface area (TPSA) is 29.1 Å². The van der Waals surface area contributed by atoms with Crippen LogP contribution >= 0.6 is 0 Å². The second kappa shape index (κ2) is 8.46. The van der Waals surface area contributed by atoms with Crippen LogP contribution in [0.1, 0.15) is 98.3 Å². The summed E-state index contributed by atoms with van der Waals surface area (Å²) in [5.41, 5.74) is 0.128. The molecule has 0 heterocycles. The van der Waals surface area contributed by atoms with Gasteiger partial charge in [0.1, 0.15) is 0 Å². The van der Waals surface area contributed by atoms with Crippen LogP contribution in [-0.4, -0.2) is 18.9 Å². The Morgan fingerprint density at radius 1 is 0.966 bits per heavy atom. The van der Waals surface area contributed by atoms with E-state index >= 15 is 8.78 Å². The molecule has 4 rings (SSSR count). The van der Waals surface area contributed by atoms with Gasteiger partial charge in [0.2, 0.25) is 5.91 Å². The van der Waals surface area contributed by atoms with Gasteiger partial charge < -0.3 is 5.32 Å². The van der Waals surface area contributed by atoms with E-state index in [4.69, 9.17) is 0 Å². The van der Waals surface area contributed by atoms with Crippen LogP contribution in [0.15, 0.2) is 0 Å². The molecule has 0 aromatic carbocycles. The summed E-state index contributed by atoms with van der Waals surface area (Å²) in [5.74, 6) is -1.88. The van der Waals surface area contributed by atoms with Crippen LogP contribution in [0.25, 0.3) is 0 Å². The molecule has 29 heavy (non-hydrogen) atoms. The Hall–Kier alpha value is -0.670. The molecule has 168 valence electrons. The molecule has 0 aliphatic heterocycles. The van der Waals surface area contributed by atoms with Crippen LogP contribution in [0.5, 0.6) is 0 Å². The molecule has 4 heteroatoms. The average molecular weight is 412 g/mol. The Morgan fingerprint density at radius 2 is 1.66 bits per heavy atom. The first kappa shape index (κ1) is 23.0. The molecule has 1 amide bonds. The molecule has 2 nitrogen and oxygen atoms in total. The molecule has 1 N–H and O–H groups in total. The summed E-state index contributed by atoms with van der Waals surface area (Å²) in [6.07, 6.45) is 10.0. The van der Waals surface area contributed by atoms with Gasteiger partial charge in [0.05, 0.1) is 0 Å². The minimum atomic E-state index is -2.51. The van der Waals surface area contributed by atoms with E-state index in [1.165, 1.54) is 6.42 Å². The summed E-state index contributed by atoms with van der Waals surface area (Å²) in [5, 5.41) is 2.71. The third-order valence-corrected chi connectivity index (χ3v) is 9.77. The van der Waals surface area contributed by atoms with Crippen molar-refractivity contribution < 1.29 is 13.6 Å². The van der Waals surface area contributed by atoms with Gasteiger partial charge in [-0.05, 0) is 79.4 Å². The van der Waals surface area contributed by atoms with Gasteiger partial charge in [-0.25, -0.2) is 8.78 Å². The Labute approximate surface area is 177 Å². The van der Waals surface area contributed by atoms with Crippen LogP contribution in [0, 0.1) is 40.4 Å². The summed E-state index contributed by atoms with van der Waals surface area (Å²) in [6.45, 7) is 8.63. The van der Waals surface area contributed by atoms with Crippen LogP contribution in [-0.2, 0) is 4.79 Å². The second-order valence-electron chi connectivity index (χ2n) is 10.7.